The van der Waals surface area contributed by atoms with E-state index in [1.807, 2.05) is 0 Å². The Morgan fingerprint density at radius 1 is 1.10 bits per heavy atom. The van der Waals surface area contributed by atoms with E-state index in [-0.39, 0.29) is 0 Å². The Morgan fingerprint density at radius 2 is 1.65 bits per heavy atom. The van der Waals surface area contributed by atoms with E-state index >= 15 is 0 Å². The highest BCUT2D eigenvalue weighted by Crippen LogP contribution is 2.27. The summed E-state index contributed by atoms with van der Waals surface area (Å²) in [6, 6.07) is 11.7. The van der Waals surface area contributed by atoms with E-state index in [1.54, 1.807) is 0 Å². The van der Waals surface area contributed by atoms with Gasteiger partial charge in [0.2, 0.25) is 0 Å². The molecule has 20 heavy (non-hydrogen) atoms. The van der Waals surface area contributed by atoms with Gasteiger partial charge >= 0.3 is 0 Å². The van der Waals surface area contributed by atoms with Crippen LogP contribution in [0.25, 0.3) is 0 Å². The molecule has 0 aliphatic heterocycles. The highest BCUT2D eigenvalue weighted by Gasteiger charge is 2.26. The molecule has 1 aromatic rings. The number of benzene rings is 1. The first kappa shape index (κ1) is 17.2. The van der Waals surface area contributed by atoms with Gasteiger partial charge in [0, 0.05) is 18.6 Å². The second-order valence-electron chi connectivity index (χ2n) is 7.14. The van der Waals surface area contributed by atoms with Gasteiger partial charge in [0.15, 0.2) is 0 Å². The molecule has 0 saturated carbocycles. The Morgan fingerprint density at radius 3 is 2.10 bits per heavy atom. The third-order valence-corrected chi connectivity index (χ3v) is 4.53. The summed E-state index contributed by atoms with van der Waals surface area (Å²) in [5.41, 5.74) is 1.69. The van der Waals surface area contributed by atoms with Gasteiger partial charge in [-0.1, -0.05) is 58.0 Å². The lowest BCUT2D eigenvalue weighted by Gasteiger charge is -2.38. The lowest BCUT2D eigenvalue weighted by molar-refractivity contribution is 0.117. The minimum absolute atomic E-state index is 0.316. The average molecular weight is 276 g/mol. The predicted molar refractivity (Wildman–Crippen MR) is 89.0 cm³/mol. The zero-order valence-corrected chi connectivity index (χ0v) is 14.3. The monoisotopic (exact) mass is 276 g/mol. The summed E-state index contributed by atoms with van der Waals surface area (Å²) >= 11 is 0. The molecule has 0 radical (unpaired) electrons. The van der Waals surface area contributed by atoms with E-state index in [9.17, 15) is 0 Å². The normalized spacial score (nSPS) is 17.0. The van der Waals surface area contributed by atoms with Crippen molar-refractivity contribution in [2.75, 3.05) is 20.6 Å². The smallest absolute Gasteiger partial charge is 0.0355 e. The zero-order chi connectivity index (χ0) is 15.3. The molecule has 0 fully saturated rings. The van der Waals surface area contributed by atoms with E-state index in [0.717, 1.165) is 6.54 Å². The fraction of sp³-hybridized carbons (Fsp3) is 0.667. The molecule has 0 bridgehead atoms. The van der Waals surface area contributed by atoms with Gasteiger partial charge in [-0.2, -0.15) is 0 Å². The minimum Gasteiger partial charge on any atom is -0.313 e. The van der Waals surface area contributed by atoms with Crippen LogP contribution in [0, 0.1) is 11.3 Å². The molecule has 0 aromatic heterocycles. The topological polar surface area (TPSA) is 15.3 Å². The third kappa shape index (κ3) is 4.60. The van der Waals surface area contributed by atoms with Gasteiger partial charge in [0.25, 0.3) is 0 Å². The highest BCUT2D eigenvalue weighted by molar-refractivity contribution is 5.19. The van der Waals surface area contributed by atoms with Crippen LogP contribution < -0.4 is 5.32 Å². The first-order chi connectivity index (χ1) is 9.27. The number of hydrogen-bond acceptors (Lipinski definition) is 2. The van der Waals surface area contributed by atoms with Gasteiger partial charge in [-0.15, -0.1) is 0 Å². The summed E-state index contributed by atoms with van der Waals surface area (Å²) in [7, 11) is 4.30. The van der Waals surface area contributed by atoms with E-state index in [2.05, 4.69) is 89.3 Å². The van der Waals surface area contributed by atoms with Gasteiger partial charge in [-0.25, -0.2) is 0 Å². The summed E-state index contributed by atoms with van der Waals surface area (Å²) in [5.74, 6) is 0.567. The molecular weight excluding hydrogens is 244 g/mol. The molecule has 0 heterocycles. The maximum absolute atomic E-state index is 3.47. The molecule has 3 unspecified atom stereocenters. The van der Waals surface area contributed by atoms with Gasteiger partial charge < -0.3 is 10.2 Å². The van der Waals surface area contributed by atoms with Crippen molar-refractivity contribution in [2.45, 2.75) is 46.7 Å². The van der Waals surface area contributed by atoms with Crippen LogP contribution in [-0.2, 0) is 0 Å². The Hall–Kier alpha value is -0.860. The molecule has 2 heteroatoms. The van der Waals surface area contributed by atoms with Crippen LogP contribution in [0.4, 0.5) is 0 Å². The van der Waals surface area contributed by atoms with Crippen molar-refractivity contribution in [2.24, 2.45) is 11.3 Å². The maximum atomic E-state index is 3.47. The van der Waals surface area contributed by atoms with Crippen molar-refractivity contribution >= 4 is 0 Å². The van der Waals surface area contributed by atoms with Crippen LogP contribution >= 0.6 is 0 Å². The van der Waals surface area contributed by atoms with Crippen LogP contribution in [0.5, 0.6) is 0 Å². The lowest BCUT2D eigenvalue weighted by atomic mass is 9.86. The molecule has 0 saturated heterocycles. The zero-order valence-electron chi connectivity index (χ0n) is 14.3. The quantitative estimate of drug-likeness (QED) is 0.846. The first-order valence-corrected chi connectivity index (χ1v) is 7.69. The molecule has 2 nitrogen and oxygen atoms in total. The molecule has 0 amide bonds. The van der Waals surface area contributed by atoms with Crippen LogP contribution in [0.15, 0.2) is 30.3 Å². The largest absolute Gasteiger partial charge is 0.313 e. The summed E-state index contributed by atoms with van der Waals surface area (Å²) in [4.78, 5) is 2.48. The second kappa shape index (κ2) is 7.24. The SMILES string of the molecule is CNC(c1ccccc1)C(C)CN(C)C(C)C(C)(C)C. The van der Waals surface area contributed by atoms with Crippen molar-refractivity contribution in [3.63, 3.8) is 0 Å². The van der Waals surface area contributed by atoms with Gasteiger partial charge in [0.1, 0.15) is 0 Å². The number of rotatable bonds is 6. The fourth-order valence-corrected chi connectivity index (χ4v) is 2.82. The number of hydrogen-bond donors (Lipinski definition) is 1. The van der Waals surface area contributed by atoms with Crippen molar-refractivity contribution < 1.29 is 0 Å². The minimum atomic E-state index is 0.316. The average Bonchev–Trinajstić information content (AvgIpc) is 2.38. The second-order valence-corrected chi connectivity index (χ2v) is 7.14. The first-order valence-electron chi connectivity index (χ1n) is 7.69. The van der Waals surface area contributed by atoms with Gasteiger partial charge in [-0.3, -0.25) is 0 Å². The summed E-state index contributed by atoms with van der Waals surface area (Å²) in [6.45, 7) is 12.7. The molecule has 114 valence electrons. The van der Waals surface area contributed by atoms with E-state index in [0.29, 0.717) is 23.4 Å². The van der Waals surface area contributed by atoms with Gasteiger partial charge in [0.05, 0.1) is 0 Å². The summed E-state index contributed by atoms with van der Waals surface area (Å²) in [6.07, 6.45) is 0. The highest BCUT2D eigenvalue weighted by atomic mass is 15.1. The molecule has 0 aliphatic carbocycles. The van der Waals surface area contributed by atoms with Crippen LogP contribution in [0.2, 0.25) is 0 Å². The standard InChI is InChI=1S/C18H32N2/c1-14(13-20(7)15(2)18(3,4)5)17(19-6)16-11-9-8-10-12-16/h8-12,14-15,17,19H,13H2,1-7H3. The molecule has 1 rings (SSSR count). The molecule has 0 spiro atoms. The van der Waals surface area contributed by atoms with Crippen molar-refractivity contribution in [1.29, 1.82) is 0 Å². The molecule has 1 aromatic carbocycles. The Kier molecular flexibility index (Phi) is 6.22. The summed E-state index contributed by atoms with van der Waals surface area (Å²) in [5, 5.41) is 3.47. The lowest BCUT2D eigenvalue weighted by Crippen LogP contribution is -2.43. The van der Waals surface area contributed by atoms with Crippen LogP contribution in [0.3, 0.4) is 0 Å². The molecule has 3 atom stereocenters. The summed E-state index contributed by atoms with van der Waals surface area (Å²) < 4.78 is 0. The molecular formula is C18H32N2. The Labute approximate surface area is 125 Å². The Bertz CT molecular complexity index is 380. The molecule has 0 aliphatic rings. The van der Waals surface area contributed by atoms with Crippen LogP contribution in [-0.4, -0.2) is 31.6 Å². The van der Waals surface area contributed by atoms with Crippen molar-refractivity contribution in [3.8, 4) is 0 Å². The van der Waals surface area contributed by atoms with Crippen molar-refractivity contribution in [3.05, 3.63) is 35.9 Å². The van der Waals surface area contributed by atoms with E-state index in [1.165, 1.54) is 5.56 Å². The number of nitrogens with one attached hydrogen (secondary N) is 1. The van der Waals surface area contributed by atoms with E-state index < -0.39 is 0 Å². The fourth-order valence-electron chi connectivity index (χ4n) is 2.82. The van der Waals surface area contributed by atoms with Crippen molar-refractivity contribution in [1.82, 2.24) is 10.2 Å². The van der Waals surface area contributed by atoms with Gasteiger partial charge in [-0.05, 0) is 37.9 Å². The third-order valence-electron chi connectivity index (χ3n) is 4.53. The van der Waals surface area contributed by atoms with Crippen LogP contribution in [0.1, 0.15) is 46.2 Å². The predicted octanol–water partition coefficient (Wildman–Crippen LogP) is 3.95. The maximum Gasteiger partial charge on any atom is 0.0355 e. The number of nitrogens with zero attached hydrogens (tertiary/aromatic N) is 1. The van der Waals surface area contributed by atoms with E-state index in [4.69, 9.17) is 0 Å². The molecule has 1 N–H and O–H groups in total. The Balaban J connectivity index is 2.71.